The molecular weight excluding hydrogens is 285 g/mol. The van der Waals surface area contributed by atoms with Gasteiger partial charge in [0.05, 0.1) is 4.92 Å². The van der Waals surface area contributed by atoms with E-state index in [0.29, 0.717) is 0 Å². The van der Waals surface area contributed by atoms with Gasteiger partial charge in [-0.15, -0.1) is 6.58 Å². The summed E-state index contributed by atoms with van der Waals surface area (Å²) in [7, 11) is 0. The highest BCUT2D eigenvalue weighted by Gasteiger charge is 2.17. The van der Waals surface area contributed by atoms with Crippen molar-refractivity contribution in [2.75, 3.05) is 13.2 Å². The van der Waals surface area contributed by atoms with E-state index >= 15 is 0 Å². The Labute approximate surface area is 118 Å². The standard InChI is InChI=1S/C12H12FN3O5/c1-2-5-14-12(18)15-11(17)7-21-10-6-8(13)3-4-9(10)16(19)20/h2-4,6H,1,5,7H2,(H2,14,15,17,18). The summed E-state index contributed by atoms with van der Waals surface area (Å²) in [5, 5.41) is 14.9. The molecule has 2 N–H and O–H groups in total. The number of nitro groups is 1. The van der Waals surface area contributed by atoms with Crippen LogP contribution in [0.2, 0.25) is 0 Å². The lowest BCUT2D eigenvalue weighted by Crippen LogP contribution is -2.41. The zero-order valence-electron chi connectivity index (χ0n) is 10.8. The molecule has 8 nitrogen and oxygen atoms in total. The van der Waals surface area contributed by atoms with Crippen molar-refractivity contribution in [3.63, 3.8) is 0 Å². The summed E-state index contributed by atoms with van der Waals surface area (Å²) >= 11 is 0. The van der Waals surface area contributed by atoms with E-state index in [0.717, 1.165) is 18.2 Å². The number of urea groups is 1. The van der Waals surface area contributed by atoms with Gasteiger partial charge >= 0.3 is 11.7 Å². The molecule has 0 heterocycles. The van der Waals surface area contributed by atoms with E-state index in [2.05, 4.69) is 11.9 Å². The van der Waals surface area contributed by atoms with Crippen LogP contribution in [0.1, 0.15) is 0 Å². The average molecular weight is 297 g/mol. The number of carbonyl (C=O) groups is 2. The molecule has 0 aliphatic rings. The van der Waals surface area contributed by atoms with Crippen LogP contribution in [0.25, 0.3) is 0 Å². The smallest absolute Gasteiger partial charge is 0.321 e. The van der Waals surface area contributed by atoms with E-state index in [1.54, 1.807) is 0 Å². The largest absolute Gasteiger partial charge is 0.477 e. The third-order valence-electron chi connectivity index (χ3n) is 2.14. The maximum atomic E-state index is 13.0. The summed E-state index contributed by atoms with van der Waals surface area (Å²) in [6, 6.07) is 1.83. The average Bonchev–Trinajstić information content (AvgIpc) is 2.42. The molecule has 0 saturated heterocycles. The zero-order valence-corrected chi connectivity index (χ0v) is 10.8. The molecule has 0 unspecified atom stereocenters. The molecule has 9 heteroatoms. The molecule has 0 atom stereocenters. The first-order valence-electron chi connectivity index (χ1n) is 5.69. The summed E-state index contributed by atoms with van der Waals surface area (Å²) in [5.41, 5.74) is -0.486. The Morgan fingerprint density at radius 1 is 1.48 bits per heavy atom. The summed E-state index contributed by atoms with van der Waals surface area (Å²) < 4.78 is 17.9. The SMILES string of the molecule is C=CCNC(=O)NC(=O)COc1cc(F)ccc1[N+](=O)[O-]. The Hall–Kier alpha value is -2.97. The number of benzene rings is 1. The van der Waals surface area contributed by atoms with E-state index in [1.807, 2.05) is 5.32 Å². The number of nitrogens with one attached hydrogen (secondary N) is 2. The van der Waals surface area contributed by atoms with Gasteiger partial charge in [0.15, 0.2) is 6.61 Å². The van der Waals surface area contributed by atoms with Gasteiger partial charge in [-0.3, -0.25) is 20.2 Å². The van der Waals surface area contributed by atoms with Crippen molar-refractivity contribution in [2.45, 2.75) is 0 Å². The Kier molecular flexibility index (Phi) is 5.80. The number of nitrogens with zero attached hydrogens (tertiary/aromatic N) is 1. The fourth-order valence-corrected chi connectivity index (χ4v) is 1.27. The topological polar surface area (TPSA) is 111 Å². The van der Waals surface area contributed by atoms with Gasteiger partial charge in [0, 0.05) is 18.7 Å². The summed E-state index contributed by atoms with van der Waals surface area (Å²) in [6.07, 6.45) is 1.41. The second-order valence-electron chi connectivity index (χ2n) is 3.70. The Balaban J connectivity index is 2.60. The van der Waals surface area contributed by atoms with Crippen LogP contribution in [-0.4, -0.2) is 30.0 Å². The second kappa shape index (κ2) is 7.58. The van der Waals surface area contributed by atoms with Gasteiger partial charge in [-0.1, -0.05) is 6.08 Å². The van der Waals surface area contributed by atoms with E-state index in [1.165, 1.54) is 6.08 Å². The molecule has 1 aromatic carbocycles. The van der Waals surface area contributed by atoms with Gasteiger partial charge in [0.25, 0.3) is 5.91 Å². The first kappa shape index (κ1) is 16.1. The first-order valence-corrected chi connectivity index (χ1v) is 5.69. The maximum Gasteiger partial charge on any atom is 0.321 e. The van der Waals surface area contributed by atoms with E-state index < -0.39 is 40.7 Å². The monoisotopic (exact) mass is 297 g/mol. The number of rotatable bonds is 6. The second-order valence-corrected chi connectivity index (χ2v) is 3.70. The van der Waals surface area contributed by atoms with Crippen molar-refractivity contribution in [2.24, 2.45) is 0 Å². The lowest BCUT2D eigenvalue weighted by atomic mass is 10.3. The minimum Gasteiger partial charge on any atom is -0.477 e. The minimum atomic E-state index is -0.838. The van der Waals surface area contributed by atoms with Crippen LogP contribution in [0.15, 0.2) is 30.9 Å². The van der Waals surface area contributed by atoms with E-state index in [9.17, 15) is 24.1 Å². The van der Waals surface area contributed by atoms with Gasteiger partial charge in [0.2, 0.25) is 5.75 Å². The van der Waals surface area contributed by atoms with Crippen molar-refractivity contribution in [3.05, 3.63) is 46.8 Å². The molecule has 0 bridgehead atoms. The quantitative estimate of drug-likeness (QED) is 0.464. The molecular formula is C12H12FN3O5. The fourth-order valence-electron chi connectivity index (χ4n) is 1.27. The zero-order chi connectivity index (χ0) is 15.8. The molecule has 1 aromatic rings. The Morgan fingerprint density at radius 3 is 2.81 bits per heavy atom. The van der Waals surface area contributed by atoms with Crippen LogP contribution in [0.3, 0.4) is 0 Å². The lowest BCUT2D eigenvalue weighted by molar-refractivity contribution is -0.385. The van der Waals surface area contributed by atoms with Crippen molar-refractivity contribution in [1.82, 2.24) is 10.6 Å². The van der Waals surface area contributed by atoms with Gasteiger partial charge < -0.3 is 10.1 Å². The van der Waals surface area contributed by atoms with Crippen LogP contribution in [0, 0.1) is 15.9 Å². The van der Waals surface area contributed by atoms with Crippen LogP contribution in [-0.2, 0) is 4.79 Å². The number of ether oxygens (including phenoxy) is 1. The third-order valence-corrected chi connectivity index (χ3v) is 2.14. The minimum absolute atomic E-state index is 0.162. The molecule has 1 rings (SSSR count). The molecule has 0 saturated carbocycles. The highest BCUT2D eigenvalue weighted by atomic mass is 19.1. The number of nitro benzene ring substituents is 1. The summed E-state index contributed by atoms with van der Waals surface area (Å²) in [5.74, 6) is -1.99. The third kappa shape index (κ3) is 5.27. The Morgan fingerprint density at radius 2 is 2.19 bits per heavy atom. The number of imide groups is 1. The van der Waals surface area contributed by atoms with Gasteiger partial charge in [0.1, 0.15) is 5.82 Å². The highest BCUT2D eigenvalue weighted by molar-refractivity contribution is 5.95. The normalized spacial score (nSPS) is 9.57. The van der Waals surface area contributed by atoms with Crippen molar-refractivity contribution in [1.29, 1.82) is 0 Å². The molecule has 0 spiro atoms. The van der Waals surface area contributed by atoms with Crippen LogP contribution in [0.5, 0.6) is 5.75 Å². The predicted octanol–water partition coefficient (Wildman–Crippen LogP) is 1.12. The number of carbonyl (C=O) groups excluding carboxylic acids is 2. The number of amides is 3. The molecule has 21 heavy (non-hydrogen) atoms. The van der Waals surface area contributed by atoms with Crippen LogP contribution in [0.4, 0.5) is 14.9 Å². The molecule has 0 fully saturated rings. The molecule has 0 aliphatic carbocycles. The van der Waals surface area contributed by atoms with Gasteiger partial charge in [-0.25, -0.2) is 9.18 Å². The molecule has 112 valence electrons. The summed E-state index contributed by atoms with van der Waals surface area (Å²) in [4.78, 5) is 32.4. The fraction of sp³-hybridized carbons (Fsp3) is 0.167. The van der Waals surface area contributed by atoms with Crippen LogP contribution >= 0.6 is 0 Å². The van der Waals surface area contributed by atoms with Gasteiger partial charge in [-0.05, 0) is 6.07 Å². The van der Waals surface area contributed by atoms with Crippen molar-refractivity contribution < 1.29 is 23.6 Å². The summed E-state index contributed by atoms with van der Waals surface area (Å²) in [6.45, 7) is 2.86. The predicted molar refractivity (Wildman–Crippen MR) is 70.3 cm³/mol. The van der Waals surface area contributed by atoms with E-state index in [4.69, 9.17) is 4.74 Å². The number of hydrogen-bond donors (Lipinski definition) is 2. The lowest BCUT2D eigenvalue weighted by Gasteiger charge is -2.07. The molecule has 0 aliphatic heterocycles. The van der Waals surface area contributed by atoms with Crippen molar-refractivity contribution in [3.8, 4) is 5.75 Å². The maximum absolute atomic E-state index is 13.0. The molecule has 0 aromatic heterocycles. The van der Waals surface area contributed by atoms with E-state index in [-0.39, 0.29) is 6.54 Å². The van der Waals surface area contributed by atoms with Crippen LogP contribution < -0.4 is 15.4 Å². The van der Waals surface area contributed by atoms with Crippen molar-refractivity contribution >= 4 is 17.6 Å². The Bertz CT molecular complexity index is 576. The molecule has 3 amide bonds. The highest BCUT2D eigenvalue weighted by Crippen LogP contribution is 2.27. The van der Waals surface area contributed by atoms with Gasteiger partial charge in [-0.2, -0.15) is 0 Å². The number of hydrogen-bond acceptors (Lipinski definition) is 5. The molecule has 0 radical (unpaired) electrons. The number of halogens is 1. The first-order chi connectivity index (χ1) is 9.93.